The van der Waals surface area contributed by atoms with Crippen molar-refractivity contribution in [3.63, 3.8) is 0 Å². The predicted molar refractivity (Wildman–Crippen MR) is 91.6 cm³/mol. The lowest BCUT2D eigenvalue weighted by atomic mass is 9.83. The molecule has 5 heteroatoms. The number of alkyl halides is 1. The second-order valence-electron chi connectivity index (χ2n) is 5.90. The van der Waals surface area contributed by atoms with Crippen LogP contribution in [-0.4, -0.2) is 34.1 Å². The molecule has 1 aliphatic carbocycles. The van der Waals surface area contributed by atoms with Crippen LogP contribution in [0.4, 0.5) is 0 Å². The zero-order valence-corrected chi connectivity index (χ0v) is 14.6. The fraction of sp³-hybridized carbons (Fsp3) is 0.588. The Bertz CT molecular complexity index is 513. The van der Waals surface area contributed by atoms with Gasteiger partial charge < -0.3 is 15.1 Å². The molecule has 2 rings (SSSR count). The minimum absolute atomic E-state index is 0.208. The third-order valence-corrected chi connectivity index (χ3v) is 4.98. The molecule has 22 heavy (non-hydrogen) atoms. The van der Waals surface area contributed by atoms with E-state index in [2.05, 4.69) is 33.2 Å². The number of aliphatic hydroxyl groups is 1. The third-order valence-electron chi connectivity index (χ3n) is 4.23. The van der Waals surface area contributed by atoms with Crippen LogP contribution < -0.4 is 4.74 Å². The Labute approximate surface area is 140 Å². The highest BCUT2D eigenvalue weighted by Gasteiger charge is 2.18. The van der Waals surface area contributed by atoms with E-state index in [-0.39, 0.29) is 6.61 Å². The van der Waals surface area contributed by atoms with Crippen molar-refractivity contribution in [2.75, 3.05) is 11.9 Å². The smallest absolute Gasteiger partial charge is 0.128 e. The summed E-state index contributed by atoms with van der Waals surface area (Å²) in [5, 5.41) is 22.5. The van der Waals surface area contributed by atoms with Gasteiger partial charge in [-0.25, -0.2) is 0 Å². The quantitative estimate of drug-likeness (QED) is 0.344. The van der Waals surface area contributed by atoms with Gasteiger partial charge in [0.15, 0.2) is 0 Å². The van der Waals surface area contributed by atoms with Crippen LogP contribution in [0.3, 0.4) is 0 Å². The normalized spacial score (nSPS) is 18.2. The molecule has 0 heterocycles. The van der Waals surface area contributed by atoms with Crippen LogP contribution in [0.5, 0.6) is 5.75 Å². The van der Waals surface area contributed by atoms with Crippen LogP contribution in [-0.2, 0) is 0 Å². The van der Waals surface area contributed by atoms with E-state index >= 15 is 0 Å². The van der Waals surface area contributed by atoms with E-state index in [1.165, 1.54) is 37.7 Å². The minimum Gasteiger partial charge on any atom is -0.490 e. The highest BCUT2D eigenvalue weighted by atomic mass is 79.9. The number of halogens is 1. The lowest BCUT2D eigenvalue weighted by molar-refractivity contribution is 0.127. The van der Waals surface area contributed by atoms with Crippen molar-refractivity contribution in [3.8, 4) is 5.75 Å². The number of benzene rings is 1. The third kappa shape index (κ3) is 4.46. The number of oxime groups is 1. The summed E-state index contributed by atoms with van der Waals surface area (Å²) in [7, 11) is 0. The van der Waals surface area contributed by atoms with Crippen molar-refractivity contribution < 1.29 is 15.1 Å². The molecule has 122 valence electrons. The average molecular weight is 370 g/mol. The molecule has 0 saturated heterocycles. The summed E-state index contributed by atoms with van der Waals surface area (Å²) in [5.41, 5.74) is 2.61. The number of hydrogen-bond acceptors (Lipinski definition) is 4. The second-order valence-corrected chi connectivity index (χ2v) is 6.54. The fourth-order valence-corrected chi connectivity index (χ4v) is 3.12. The monoisotopic (exact) mass is 369 g/mol. The van der Waals surface area contributed by atoms with Gasteiger partial charge in [-0.1, -0.05) is 46.4 Å². The lowest BCUT2D eigenvalue weighted by Crippen LogP contribution is -2.19. The maximum atomic E-state index is 9.61. The van der Waals surface area contributed by atoms with Crippen molar-refractivity contribution >= 4 is 21.6 Å². The molecule has 1 aromatic carbocycles. The molecule has 1 atom stereocenters. The summed E-state index contributed by atoms with van der Waals surface area (Å²) in [6.45, 7) is 1.97. The van der Waals surface area contributed by atoms with E-state index in [0.29, 0.717) is 22.7 Å². The summed E-state index contributed by atoms with van der Waals surface area (Å²) in [5.74, 6) is 1.23. The Morgan fingerprint density at radius 2 is 2.09 bits per heavy atom. The number of rotatable bonds is 6. The molecule has 1 fully saturated rings. The summed E-state index contributed by atoms with van der Waals surface area (Å²) in [6.07, 6.45) is 5.77. The fourth-order valence-electron chi connectivity index (χ4n) is 2.93. The molecule has 4 nitrogen and oxygen atoms in total. The van der Waals surface area contributed by atoms with Crippen LogP contribution in [0.1, 0.15) is 56.1 Å². The number of ether oxygens (including phenoxy) is 1. The second kappa shape index (κ2) is 8.53. The molecule has 2 N–H and O–H groups in total. The molecule has 0 unspecified atom stereocenters. The molecule has 1 aliphatic rings. The molecule has 0 aromatic heterocycles. The molecular formula is C17H24BrNO3. The van der Waals surface area contributed by atoms with E-state index in [0.717, 1.165) is 5.56 Å². The van der Waals surface area contributed by atoms with Crippen molar-refractivity contribution in [1.29, 1.82) is 0 Å². The molecule has 0 amide bonds. The maximum absolute atomic E-state index is 9.61. The van der Waals surface area contributed by atoms with Gasteiger partial charge in [0.25, 0.3) is 0 Å². The van der Waals surface area contributed by atoms with Gasteiger partial charge in [0.05, 0.1) is 11.8 Å². The zero-order valence-electron chi connectivity index (χ0n) is 13.0. The van der Waals surface area contributed by atoms with Gasteiger partial charge in [-0.2, -0.15) is 0 Å². The lowest BCUT2D eigenvalue weighted by Gasteiger charge is -2.23. The Morgan fingerprint density at radius 1 is 1.36 bits per heavy atom. The summed E-state index contributed by atoms with van der Waals surface area (Å²) in [4.78, 5) is 0. The predicted octanol–water partition coefficient (Wildman–Crippen LogP) is 4.07. The van der Waals surface area contributed by atoms with Crippen molar-refractivity contribution in [1.82, 2.24) is 0 Å². The number of hydrogen-bond donors (Lipinski definition) is 2. The van der Waals surface area contributed by atoms with E-state index < -0.39 is 6.10 Å². The Hall–Kier alpha value is -1.07. The van der Waals surface area contributed by atoms with Gasteiger partial charge in [0.2, 0.25) is 0 Å². The van der Waals surface area contributed by atoms with E-state index in [1.807, 2.05) is 6.07 Å². The van der Waals surface area contributed by atoms with Gasteiger partial charge in [-0.05, 0) is 43.4 Å². The zero-order chi connectivity index (χ0) is 15.9. The topological polar surface area (TPSA) is 62.1 Å². The maximum Gasteiger partial charge on any atom is 0.128 e. The first-order valence-electron chi connectivity index (χ1n) is 7.85. The Kier molecular flexibility index (Phi) is 6.70. The van der Waals surface area contributed by atoms with Crippen molar-refractivity contribution in [3.05, 3.63) is 29.3 Å². The summed E-state index contributed by atoms with van der Waals surface area (Å²) < 4.78 is 5.68. The van der Waals surface area contributed by atoms with Crippen molar-refractivity contribution in [2.45, 2.75) is 51.0 Å². The van der Waals surface area contributed by atoms with Gasteiger partial charge in [0, 0.05) is 10.9 Å². The standard InChI is InChI=1S/C17H24BrNO3/c1-12(19-21)16-9-14(13-5-3-2-4-6-13)7-8-17(16)22-11-15(20)10-18/h7-9,13,15,20-21H,2-6,10-11H2,1H3/b19-12-/t15-/m1/s1. The van der Waals surface area contributed by atoms with Gasteiger partial charge in [0.1, 0.15) is 12.4 Å². The highest BCUT2D eigenvalue weighted by molar-refractivity contribution is 9.09. The SMILES string of the molecule is C/C(=N/O)c1cc(C2CCCCC2)ccc1OC[C@H](O)CBr. The summed E-state index contributed by atoms with van der Waals surface area (Å²) in [6, 6.07) is 6.09. The average Bonchev–Trinajstić information content (AvgIpc) is 2.59. The molecule has 1 aromatic rings. The molecule has 0 spiro atoms. The molecule has 0 aliphatic heterocycles. The van der Waals surface area contributed by atoms with Gasteiger partial charge in [-0.3, -0.25) is 0 Å². The Balaban J connectivity index is 2.22. The first-order valence-corrected chi connectivity index (χ1v) is 8.97. The van der Waals surface area contributed by atoms with Crippen LogP contribution in [0.25, 0.3) is 0 Å². The van der Waals surface area contributed by atoms with E-state index in [1.54, 1.807) is 6.92 Å². The van der Waals surface area contributed by atoms with Crippen LogP contribution in [0.2, 0.25) is 0 Å². The number of aliphatic hydroxyl groups excluding tert-OH is 1. The van der Waals surface area contributed by atoms with E-state index in [4.69, 9.17) is 9.94 Å². The largest absolute Gasteiger partial charge is 0.490 e. The molecule has 0 radical (unpaired) electrons. The van der Waals surface area contributed by atoms with Crippen LogP contribution >= 0.6 is 15.9 Å². The van der Waals surface area contributed by atoms with E-state index in [9.17, 15) is 5.11 Å². The first kappa shape index (κ1) is 17.3. The van der Waals surface area contributed by atoms with Gasteiger partial charge in [-0.15, -0.1) is 0 Å². The van der Waals surface area contributed by atoms with Gasteiger partial charge >= 0.3 is 0 Å². The molecular weight excluding hydrogens is 346 g/mol. The first-order chi connectivity index (χ1) is 10.7. The van der Waals surface area contributed by atoms with Crippen LogP contribution in [0.15, 0.2) is 23.4 Å². The van der Waals surface area contributed by atoms with Crippen LogP contribution in [0, 0.1) is 0 Å². The molecule has 1 saturated carbocycles. The minimum atomic E-state index is -0.558. The summed E-state index contributed by atoms with van der Waals surface area (Å²) >= 11 is 3.22. The highest BCUT2D eigenvalue weighted by Crippen LogP contribution is 2.34. The molecule has 0 bridgehead atoms. The Morgan fingerprint density at radius 3 is 2.73 bits per heavy atom. The van der Waals surface area contributed by atoms with Crippen molar-refractivity contribution in [2.24, 2.45) is 5.16 Å². The number of nitrogens with zero attached hydrogens (tertiary/aromatic N) is 1.